The van der Waals surface area contributed by atoms with Gasteiger partial charge in [0, 0.05) is 23.6 Å². The van der Waals surface area contributed by atoms with Crippen LogP contribution < -0.4 is 5.32 Å². The molecule has 0 saturated heterocycles. The van der Waals surface area contributed by atoms with Crippen molar-refractivity contribution in [3.8, 4) is 17.1 Å². The van der Waals surface area contributed by atoms with Crippen LogP contribution in [-0.2, 0) is 6.42 Å². The highest BCUT2D eigenvalue weighted by Gasteiger charge is 2.28. The second-order valence-corrected chi connectivity index (χ2v) is 6.16. The van der Waals surface area contributed by atoms with Crippen molar-refractivity contribution in [1.29, 1.82) is 0 Å². The number of nitro groups is 1. The predicted octanol–water partition coefficient (Wildman–Crippen LogP) is 4.16. The average Bonchev–Trinajstić information content (AvgIpc) is 3.35. The molecule has 7 heteroatoms. The van der Waals surface area contributed by atoms with Gasteiger partial charge in [-0.2, -0.15) is 5.10 Å². The number of anilines is 1. The van der Waals surface area contributed by atoms with Gasteiger partial charge >= 0.3 is 0 Å². The van der Waals surface area contributed by atoms with E-state index in [1.165, 1.54) is 6.07 Å². The molecule has 5 rings (SSSR count). The number of nitrogens with zero attached hydrogens (tertiary/aromatic N) is 3. The van der Waals surface area contributed by atoms with Crippen LogP contribution in [0.5, 0.6) is 0 Å². The molecular weight excluding hydrogens is 332 g/mol. The zero-order valence-corrected chi connectivity index (χ0v) is 13.7. The van der Waals surface area contributed by atoms with Gasteiger partial charge in [-0.1, -0.05) is 30.3 Å². The van der Waals surface area contributed by atoms with Gasteiger partial charge in [-0.25, -0.2) is 4.68 Å². The molecule has 128 valence electrons. The van der Waals surface area contributed by atoms with Crippen LogP contribution in [0.1, 0.15) is 5.56 Å². The zero-order valence-electron chi connectivity index (χ0n) is 13.7. The van der Waals surface area contributed by atoms with Crippen molar-refractivity contribution in [2.45, 2.75) is 6.42 Å². The Bertz CT molecular complexity index is 1130. The van der Waals surface area contributed by atoms with Crippen molar-refractivity contribution in [3.05, 3.63) is 70.3 Å². The third kappa shape index (κ3) is 2.10. The van der Waals surface area contributed by atoms with Gasteiger partial charge in [0.15, 0.2) is 5.76 Å². The van der Waals surface area contributed by atoms with E-state index in [-0.39, 0.29) is 10.6 Å². The summed E-state index contributed by atoms with van der Waals surface area (Å²) < 4.78 is 7.58. The van der Waals surface area contributed by atoms with Gasteiger partial charge < -0.3 is 9.73 Å². The fraction of sp³-hybridized carbons (Fsp3) is 0.105. The molecule has 0 unspecified atom stereocenters. The normalized spacial score (nSPS) is 12.9. The molecular formula is C19H14N4O3. The average molecular weight is 346 g/mol. The van der Waals surface area contributed by atoms with Crippen molar-refractivity contribution in [2.24, 2.45) is 0 Å². The van der Waals surface area contributed by atoms with E-state index in [4.69, 9.17) is 4.42 Å². The predicted molar refractivity (Wildman–Crippen MR) is 97.6 cm³/mol. The number of para-hydroxylation sites is 3. The maximum absolute atomic E-state index is 11.4. The molecule has 0 saturated carbocycles. The molecule has 0 bridgehead atoms. The molecule has 0 radical (unpaired) electrons. The van der Waals surface area contributed by atoms with Crippen LogP contribution in [0, 0.1) is 10.1 Å². The maximum Gasteiger partial charge on any atom is 0.294 e. The second-order valence-electron chi connectivity index (χ2n) is 6.16. The minimum absolute atomic E-state index is 0.0163. The first kappa shape index (κ1) is 14.7. The number of benzene rings is 2. The van der Waals surface area contributed by atoms with Gasteiger partial charge in [0.25, 0.3) is 5.69 Å². The molecule has 1 N–H and O–H groups in total. The van der Waals surface area contributed by atoms with Gasteiger partial charge in [0.1, 0.15) is 22.8 Å². The van der Waals surface area contributed by atoms with E-state index in [0.717, 1.165) is 41.0 Å². The van der Waals surface area contributed by atoms with E-state index < -0.39 is 0 Å². The van der Waals surface area contributed by atoms with E-state index in [1.807, 2.05) is 30.3 Å². The van der Waals surface area contributed by atoms with Crippen molar-refractivity contribution in [1.82, 2.24) is 9.78 Å². The molecule has 0 spiro atoms. The summed E-state index contributed by atoms with van der Waals surface area (Å²) in [5.74, 6) is 1.46. The Hall–Kier alpha value is -3.61. The summed E-state index contributed by atoms with van der Waals surface area (Å²) in [7, 11) is 0. The Kier molecular flexibility index (Phi) is 3.08. The lowest BCUT2D eigenvalue weighted by atomic mass is 10.1. The van der Waals surface area contributed by atoms with Gasteiger partial charge in [0.2, 0.25) is 0 Å². The maximum atomic E-state index is 11.4. The molecule has 2 aromatic heterocycles. The molecule has 3 heterocycles. The number of nitrogens with one attached hydrogen (secondary N) is 1. The smallest absolute Gasteiger partial charge is 0.294 e. The third-order valence-corrected chi connectivity index (χ3v) is 4.62. The lowest BCUT2D eigenvalue weighted by Crippen LogP contribution is -2.06. The summed E-state index contributed by atoms with van der Waals surface area (Å²) in [4.78, 5) is 11.0. The first-order valence-electron chi connectivity index (χ1n) is 8.31. The Morgan fingerprint density at radius 2 is 1.96 bits per heavy atom. The van der Waals surface area contributed by atoms with Gasteiger partial charge in [-0.15, -0.1) is 0 Å². The second kappa shape index (κ2) is 5.45. The standard InChI is InChI=1S/C19H14N4O3/c24-23(25)15-7-3-2-6-14(15)22-19-13(9-10-20-19)18(21-22)17-11-12-5-1-4-8-16(12)26-17/h1-8,11,20H,9-10H2. The summed E-state index contributed by atoms with van der Waals surface area (Å²) >= 11 is 0. The molecule has 0 aliphatic carbocycles. The molecule has 1 aliphatic rings. The number of furan rings is 1. The number of hydrogen-bond acceptors (Lipinski definition) is 5. The summed E-state index contributed by atoms with van der Waals surface area (Å²) in [5, 5.41) is 20.4. The van der Waals surface area contributed by atoms with Gasteiger partial charge in [-0.05, 0) is 24.6 Å². The fourth-order valence-corrected chi connectivity index (χ4v) is 3.44. The van der Waals surface area contributed by atoms with Crippen LogP contribution >= 0.6 is 0 Å². The quantitative estimate of drug-likeness (QED) is 0.444. The Morgan fingerprint density at radius 3 is 2.81 bits per heavy atom. The van der Waals surface area contributed by atoms with Crippen LogP contribution in [-0.4, -0.2) is 21.2 Å². The molecule has 0 atom stereocenters. The number of rotatable bonds is 3. The molecule has 1 aliphatic heterocycles. The van der Waals surface area contributed by atoms with Crippen molar-refractivity contribution < 1.29 is 9.34 Å². The molecule has 4 aromatic rings. The van der Waals surface area contributed by atoms with E-state index in [2.05, 4.69) is 10.4 Å². The largest absolute Gasteiger partial charge is 0.454 e. The van der Waals surface area contributed by atoms with Crippen molar-refractivity contribution >= 4 is 22.5 Å². The first-order chi connectivity index (χ1) is 12.7. The van der Waals surface area contributed by atoms with Crippen LogP contribution in [0.2, 0.25) is 0 Å². The molecule has 2 aromatic carbocycles. The molecule has 0 fully saturated rings. The SMILES string of the molecule is O=[N+]([O-])c1ccccc1-n1nc(-c2cc3ccccc3o2)c2c1NCC2. The highest BCUT2D eigenvalue weighted by molar-refractivity contribution is 5.84. The van der Waals surface area contributed by atoms with Crippen molar-refractivity contribution in [3.63, 3.8) is 0 Å². The molecule has 7 nitrogen and oxygen atoms in total. The Balaban J connectivity index is 1.73. The Labute approximate surface area is 148 Å². The Morgan fingerprint density at radius 1 is 1.15 bits per heavy atom. The minimum Gasteiger partial charge on any atom is -0.454 e. The summed E-state index contributed by atoms with van der Waals surface area (Å²) in [6.07, 6.45) is 0.794. The van der Waals surface area contributed by atoms with E-state index in [0.29, 0.717) is 11.4 Å². The highest BCUT2D eigenvalue weighted by Crippen LogP contribution is 2.38. The molecule has 26 heavy (non-hydrogen) atoms. The summed E-state index contributed by atoms with van der Waals surface area (Å²) in [5.41, 5.74) is 2.98. The molecule has 0 amide bonds. The monoisotopic (exact) mass is 346 g/mol. The number of fused-ring (bicyclic) bond motifs is 2. The van der Waals surface area contributed by atoms with E-state index in [1.54, 1.807) is 22.9 Å². The third-order valence-electron chi connectivity index (χ3n) is 4.62. The summed E-state index contributed by atoms with van der Waals surface area (Å²) in [6.45, 7) is 0.765. The topological polar surface area (TPSA) is 86.1 Å². The van der Waals surface area contributed by atoms with Crippen LogP contribution in [0.25, 0.3) is 28.1 Å². The van der Waals surface area contributed by atoms with E-state index >= 15 is 0 Å². The lowest BCUT2D eigenvalue weighted by molar-refractivity contribution is -0.384. The van der Waals surface area contributed by atoms with Crippen LogP contribution in [0.3, 0.4) is 0 Å². The van der Waals surface area contributed by atoms with Crippen LogP contribution in [0.4, 0.5) is 11.5 Å². The fourth-order valence-electron chi connectivity index (χ4n) is 3.44. The first-order valence-corrected chi connectivity index (χ1v) is 8.31. The van der Waals surface area contributed by atoms with Crippen molar-refractivity contribution in [2.75, 3.05) is 11.9 Å². The number of aromatic nitrogens is 2. The lowest BCUT2D eigenvalue weighted by Gasteiger charge is -2.06. The van der Waals surface area contributed by atoms with E-state index in [9.17, 15) is 10.1 Å². The number of nitro benzene ring substituents is 1. The van der Waals surface area contributed by atoms with Gasteiger partial charge in [-0.3, -0.25) is 10.1 Å². The zero-order chi connectivity index (χ0) is 17.7. The highest BCUT2D eigenvalue weighted by atomic mass is 16.6. The minimum atomic E-state index is -0.390. The van der Waals surface area contributed by atoms with Gasteiger partial charge in [0.05, 0.1) is 4.92 Å². The van der Waals surface area contributed by atoms with Crippen LogP contribution in [0.15, 0.2) is 59.0 Å². The summed E-state index contributed by atoms with van der Waals surface area (Å²) in [6, 6.07) is 16.3. The number of hydrogen-bond donors (Lipinski definition) is 1.